The average molecular weight is 364 g/mol. The maximum absolute atomic E-state index is 12.6. The van der Waals surface area contributed by atoms with E-state index in [9.17, 15) is 4.79 Å². The normalized spacial score (nSPS) is 12.4. The van der Waals surface area contributed by atoms with Gasteiger partial charge in [-0.05, 0) is 36.1 Å². The van der Waals surface area contributed by atoms with Crippen molar-refractivity contribution in [1.29, 1.82) is 0 Å². The van der Waals surface area contributed by atoms with Crippen LogP contribution in [-0.2, 0) is 7.05 Å². The van der Waals surface area contributed by atoms with Crippen molar-refractivity contribution in [2.24, 2.45) is 7.05 Å². The summed E-state index contributed by atoms with van der Waals surface area (Å²) < 4.78 is 1.62. The highest BCUT2D eigenvalue weighted by atomic mass is 32.1. The predicted molar refractivity (Wildman–Crippen MR) is 105 cm³/mol. The fourth-order valence-electron chi connectivity index (χ4n) is 3.34. The van der Waals surface area contributed by atoms with Crippen LogP contribution in [-0.4, -0.2) is 27.2 Å². The SMILES string of the molecule is Cc1cc(C(=O)NC[C@H](c2cccs2)c2c[nH]c3ccccc23)n(C)n1. The molecule has 0 radical (unpaired) electrons. The summed E-state index contributed by atoms with van der Waals surface area (Å²) >= 11 is 1.71. The minimum Gasteiger partial charge on any atom is -0.361 e. The third-order valence-electron chi connectivity index (χ3n) is 4.58. The fourth-order valence-corrected chi connectivity index (χ4v) is 4.19. The molecule has 0 saturated carbocycles. The molecular weight excluding hydrogens is 344 g/mol. The second-order valence-corrected chi connectivity index (χ2v) is 7.34. The third kappa shape index (κ3) is 3.04. The number of hydrogen-bond acceptors (Lipinski definition) is 3. The summed E-state index contributed by atoms with van der Waals surface area (Å²) in [7, 11) is 1.79. The van der Waals surface area contributed by atoms with E-state index in [2.05, 4.69) is 45.2 Å². The van der Waals surface area contributed by atoms with Crippen LogP contribution >= 0.6 is 11.3 Å². The zero-order chi connectivity index (χ0) is 18.1. The number of thiophene rings is 1. The molecule has 3 heterocycles. The van der Waals surface area contributed by atoms with E-state index in [0.29, 0.717) is 12.2 Å². The number of nitrogens with zero attached hydrogens (tertiary/aromatic N) is 2. The predicted octanol–water partition coefficient (Wildman–Crippen LogP) is 3.83. The lowest BCUT2D eigenvalue weighted by molar-refractivity contribution is 0.0943. The number of para-hydroxylation sites is 1. The molecule has 0 unspecified atom stereocenters. The van der Waals surface area contributed by atoms with Gasteiger partial charge >= 0.3 is 0 Å². The summed E-state index contributed by atoms with van der Waals surface area (Å²) in [6.07, 6.45) is 2.05. The van der Waals surface area contributed by atoms with Gasteiger partial charge in [-0.25, -0.2) is 0 Å². The van der Waals surface area contributed by atoms with Crippen molar-refractivity contribution in [1.82, 2.24) is 20.1 Å². The van der Waals surface area contributed by atoms with Crippen LogP contribution in [0, 0.1) is 6.92 Å². The molecule has 5 nitrogen and oxygen atoms in total. The zero-order valence-electron chi connectivity index (χ0n) is 14.7. The fraction of sp³-hybridized carbons (Fsp3) is 0.200. The highest BCUT2D eigenvalue weighted by Gasteiger charge is 2.21. The van der Waals surface area contributed by atoms with E-state index in [1.54, 1.807) is 29.1 Å². The highest BCUT2D eigenvalue weighted by molar-refractivity contribution is 7.10. The Morgan fingerprint density at radius 1 is 1.31 bits per heavy atom. The lowest BCUT2D eigenvalue weighted by Gasteiger charge is -2.16. The maximum atomic E-state index is 12.6. The molecule has 1 amide bonds. The molecule has 0 spiro atoms. The number of fused-ring (bicyclic) bond motifs is 1. The molecule has 132 valence electrons. The first-order valence-corrected chi connectivity index (χ1v) is 9.39. The Morgan fingerprint density at radius 2 is 2.15 bits per heavy atom. The van der Waals surface area contributed by atoms with E-state index in [1.807, 2.05) is 25.1 Å². The highest BCUT2D eigenvalue weighted by Crippen LogP contribution is 2.32. The number of hydrogen-bond donors (Lipinski definition) is 2. The number of carbonyl (C=O) groups is 1. The van der Waals surface area contributed by atoms with E-state index < -0.39 is 0 Å². The quantitative estimate of drug-likeness (QED) is 0.565. The third-order valence-corrected chi connectivity index (χ3v) is 5.57. The number of H-pyrrole nitrogens is 1. The van der Waals surface area contributed by atoms with E-state index in [4.69, 9.17) is 0 Å². The van der Waals surface area contributed by atoms with Gasteiger partial charge in [0.1, 0.15) is 5.69 Å². The monoisotopic (exact) mass is 364 g/mol. The summed E-state index contributed by atoms with van der Waals surface area (Å²) in [5.74, 6) is -0.000998. The van der Waals surface area contributed by atoms with Crippen LogP contribution in [0.15, 0.2) is 54.0 Å². The van der Waals surface area contributed by atoms with Gasteiger partial charge in [0.05, 0.1) is 5.69 Å². The van der Waals surface area contributed by atoms with Gasteiger partial charge in [0.15, 0.2) is 0 Å². The van der Waals surface area contributed by atoms with Gasteiger partial charge in [-0.15, -0.1) is 11.3 Å². The minimum atomic E-state index is -0.102. The second kappa shape index (κ2) is 6.80. The second-order valence-electron chi connectivity index (χ2n) is 6.36. The molecule has 1 atom stereocenters. The first-order valence-electron chi connectivity index (χ1n) is 8.51. The number of carbonyl (C=O) groups excluding carboxylic acids is 1. The number of aromatic amines is 1. The Hall–Kier alpha value is -2.86. The summed E-state index contributed by atoms with van der Waals surface area (Å²) in [6, 6.07) is 14.2. The van der Waals surface area contributed by atoms with E-state index in [0.717, 1.165) is 11.2 Å². The average Bonchev–Trinajstić information content (AvgIpc) is 3.36. The summed E-state index contributed by atoms with van der Waals surface area (Å²) in [4.78, 5) is 17.2. The lowest BCUT2D eigenvalue weighted by atomic mass is 9.96. The van der Waals surface area contributed by atoms with Crippen molar-refractivity contribution in [3.63, 3.8) is 0 Å². The smallest absolute Gasteiger partial charge is 0.269 e. The molecule has 0 bridgehead atoms. The van der Waals surface area contributed by atoms with Crippen LogP contribution in [0.2, 0.25) is 0 Å². The van der Waals surface area contributed by atoms with Gasteiger partial charge in [-0.3, -0.25) is 9.48 Å². The Labute approximate surface area is 155 Å². The van der Waals surface area contributed by atoms with Gasteiger partial charge < -0.3 is 10.3 Å². The number of amides is 1. The van der Waals surface area contributed by atoms with Crippen LogP contribution in [0.3, 0.4) is 0 Å². The van der Waals surface area contributed by atoms with E-state index >= 15 is 0 Å². The molecule has 0 aliphatic rings. The molecule has 6 heteroatoms. The van der Waals surface area contributed by atoms with Gasteiger partial charge in [0.25, 0.3) is 5.91 Å². The van der Waals surface area contributed by atoms with Gasteiger partial charge in [-0.1, -0.05) is 24.3 Å². The molecule has 0 aliphatic heterocycles. The van der Waals surface area contributed by atoms with Crippen LogP contribution < -0.4 is 5.32 Å². The van der Waals surface area contributed by atoms with Crippen LogP contribution in [0.4, 0.5) is 0 Å². The standard InChI is InChI=1S/C20H20N4OS/c1-13-10-18(24(2)23-13)20(25)22-12-16(19-8-5-9-26-19)15-11-21-17-7-4-3-6-14(15)17/h3-11,16,21H,12H2,1-2H3,(H,22,25)/t16-/m0/s1. The van der Waals surface area contributed by atoms with Crippen molar-refractivity contribution in [2.75, 3.05) is 6.54 Å². The summed E-state index contributed by atoms with van der Waals surface area (Å²) in [5.41, 5.74) is 3.72. The molecule has 4 aromatic rings. The minimum absolute atomic E-state index is 0.101. The van der Waals surface area contributed by atoms with E-state index in [1.165, 1.54) is 15.8 Å². The van der Waals surface area contributed by atoms with Gasteiger partial charge in [-0.2, -0.15) is 5.10 Å². The van der Waals surface area contributed by atoms with Crippen LogP contribution in [0.1, 0.15) is 32.5 Å². The molecular formula is C20H20N4OS. The Morgan fingerprint density at radius 3 is 2.88 bits per heavy atom. The molecule has 2 N–H and O–H groups in total. The zero-order valence-corrected chi connectivity index (χ0v) is 15.5. The number of rotatable bonds is 5. The first kappa shape index (κ1) is 16.6. The van der Waals surface area contributed by atoms with Gasteiger partial charge in [0.2, 0.25) is 0 Å². The molecule has 26 heavy (non-hydrogen) atoms. The molecule has 0 saturated heterocycles. The van der Waals surface area contributed by atoms with Crippen molar-refractivity contribution in [3.05, 3.63) is 75.9 Å². The molecule has 1 aromatic carbocycles. The van der Waals surface area contributed by atoms with Crippen LogP contribution in [0.25, 0.3) is 10.9 Å². The van der Waals surface area contributed by atoms with Gasteiger partial charge in [0, 0.05) is 41.5 Å². The maximum Gasteiger partial charge on any atom is 0.269 e. The number of aromatic nitrogens is 3. The van der Waals surface area contributed by atoms with Crippen molar-refractivity contribution in [2.45, 2.75) is 12.8 Å². The summed E-state index contributed by atoms with van der Waals surface area (Å²) in [5, 5.41) is 10.6. The number of benzene rings is 1. The molecule has 4 rings (SSSR count). The lowest BCUT2D eigenvalue weighted by Crippen LogP contribution is -2.30. The Bertz CT molecular complexity index is 1050. The number of aryl methyl sites for hydroxylation is 2. The molecule has 0 fully saturated rings. The van der Waals surface area contributed by atoms with Crippen molar-refractivity contribution in [3.8, 4) is 0 Å². The molecule has 0 aliphatic carbocycles. The topological polar surface area (TPSA) is 62.7 Å². The van der Waals surface area contributed by atoms with Crippen LogP contribution in [0.5, 0.6) is 0 Å². The van der Waals surface area contributed by atoms with Crippen molar-refractivity contribution < 1.29 is 4.79 Å². The molecule has 3 aromatic heterocycles. The largest absolute Gasteiger partial charge is 0.361 e. The number of nitrogens with one attached hydrogen (secondary N) is 2. The van der Waals surface area contributed by atoms with Crippen molar-refractivity contribution >= 4 is 28.1 Å². The Kier molecular flexibility index (Phi) is 4.34. The first-order chi connectivity index (χ1) is 12.6. The summed E-state index contributed by atoms with van der Waals surface area (Å²) in [6.45, 7) is 2.42. The Balaban J connectivity index is 1.63. The van der Waals surface area contributed by atoms with E-state index in [-0.39, 0.29) is 11.8 Å².